The number of ether oxygens (including phenoxy) is 1. The van der Waals surface area contributed by atoms with Gasteiger partial charge in [-0.2, -0.15) is 4.98 Å². The highest BCUT2D eigenvalue weighted by Crippen LogP contribution is 2.36. The van der Waals surface area contributed by atoms with Gasteiger partial charge in [0.25, 0.3) is 0 Å². The minimum Gasteiger partial charge on any atom is -0.381 e. The molecule has 126 valence electrons. The number of likely N-dealkylation sites (tertiary alicyclic amines) is 1. The summed E-state index contributed by atoms with van der Waals surface area (Å²) in [5.74, 6) is 1.59. The van der Waals surface area contributed by atoms with Crippen LogP contribution in [0.2, 0.25) is 0 Å². The van der Waals surface area contributed by atoms with Gasteiger partial charge in [-0.25, -0.2) is 0 Å². The Hall–Kier alpha value is -2.21. The predicted octanol–water partition coefficient (Wildman–Crippen LogP) is 2.48. The summed E-state index contributed by atoms with van der Waals surface area (Å²) in [6, 6.07) is 9.76. The molecule has 2 aromatic rings. The lowest BCUT2D eigenvalue weighted by atomic mass is 9.79. The Labute approximate surface area is 140 Å². The van der Waals surface area contributed by atoms with Crippen LogP contribution in [0, 0.1) is 5.41 Å². The SMILES string of the molecule is CC1(C(=O)N2CC(c3nc(-c4ccccc4)no3)C2)CCOCC1. The summed E-state index contributed by atoms with van der Waals surface area (Å²) in [5.41, 5.74) is 0.655. The normalized spacial score (nSPS) is 20.6. The second-order valence-electron chi connectivity index (χ2n) is 6.90. The minimum absolute atomic E-state index is 0.141. The molecule has 24 heavy (non-hydrogen) atoms. The Kier molecular flexibility index (Phi) is 3.84. The highest BCUT2D eigenvalue weighted by Gasteiger charge is 2.44. The Morgan fingerprint density at radius 2 is 1.92 bits per heavy atom. The fraction of sp³-hybridized carbons (Fsp3) is 0.500. The first-order valence-corrected chi connectivity index (χ1v) is 8.42. The summed E-state index contributed by atoms with van der Waals surface area (Å²) in [6.07, 6.45) is 1.59. The fourth-order valence-electron chi connectivity index (χ4n) is 3.32. The third-order valence-electron chi connectivity index (χ3n) is 5.10. The summed E-state index contributed by atoms with van der Waals surface area (Å²) < 4.78 is 10.8. The van der Waals surface area contributed by atoms with Crippen LogP contribution in [0.25, 0.3) is 11.4 Å². The molecule has 1 aromatic carbocycles. The summed E-state index contributed by atoms with van der Waals surface area (Å²) in [7, 11) is 0. The monoisotopic (exact) mass is 327 g/mol. The number of hydrogen-bond acceptors (Lipinski definition) is 5. The van der Waals surface area contributed by atoms with Crippen LogP contribution < -0.4 is 0 Å². The maximum atomic E-state index is 12.7. The Balaban J connectivity index is 1.39. The average molecular weight is 327 g/mol. The van der Waals surface area contributed by atoms with Crippen LogP contribution in [0.3, 0.4) is 0 Å². The molecule has 2 saturated heterocycles. The number of carbonyl (C=O) groups is 1. The number of nitrogens with zero attached hydrogens (tertiary/aromatic N) is 3. The number of amides is 1. The average Bonchev–Trinajstić information content (AvgIpc) is 3.04. The van der Waals surface area contributed by atoms with Crippen LogP contribution in [-0.2, 0) is 9.53 Å². The molecule has 0 spiro atoms. The van der Waals surface area contributed by atoms with Gasteiger partial charge >= 0.3 is 0 Å². The van der Waals surface area contributed by atoms with Crippen LogP contribution >= 0.6 is 0 Å². The molecule has 1 aromatic heterocycles. The van der Waals surface area contributed by atoms with Crippen molar-refractivity contribution in [1.29, 1.82) is 0 Å². The van der Waals surface area contributed by atoms with Gasteiger partial charge in [-0.05, 0) is 12.8 Å². The second-order valence-corrected chi connectivity index (χ2v) is 6.90. The lowest BCUT2D eigenvalue weighted by molar-refractivity contribution is -0.151. The zero-order valence-corrected chi connectivity index (χ0v) is 13.8. The molecule has 3 heterocycles. The first-order valence-electron chi connectivity index (χ1n) is 8.42. The van der Waals surface area contributed by atoms with Crippen molar-refractivity contribution in [2.24, 2.45) is 5.41 Å². The molecule has 0 radical (unpaired) electrons. The van der Waals surface area contributed by atoms with E-state index in [4.69, 9.17) is 9.26 Å². The number of benzene rings is 1. The van der Waals surface area contributed by atoms with E-state index in [0.29, 0.717) is 38.0 Å². The van der Waals surface area contributed by atoms with E-state index in [2.05, 4.69) is 10.1 Å². The third-order valence-corrected chi connectivity index (χ3v) is 5.10. The van der Waals surface area contributed by atoms with E-state index in [0.717, 1.165) is 18.4 Å². The van der Waals surface area contributed by atoms with Crippen LogP contribution in [0.4, 0.5) is 0 Å². The van der Waals surface area contributed by atoms with Crippen molar-refractivity contribution in [2.75, 3.05) is 26.3 Å². The van der Waals surface area contributed by atoms with Crippen molar-refractivity contribution < 1.29 is 14.1 Å². The Morgan fingerprint density at radius 3 is 2.62 bits per heavy atom. The second kappa shape index (κ2) is 6.02. The minimum atomic E-state index is -0.284. The van der Waals surface area contributed by atoms with E-state index in [-0.39, 0.29) is 17.2 Å². The fourth-order valence-corrected chi connectivity index (χ4v) is 3.32. The molecule has 6 heteroatoms. The van der Waals surface area contributed by atoms with Gasteiger partial charge in [0.05, 0.1) is 11.3 Å². The van der Waals surface area contributed by atoms with Crippen molar-refractivity contribution in [3.63, 3.8) is 0 Å². The van der Waals surface area contributed by atoms with Crippen molar-refractivity contribution in [3.05, 3.63) is 36.2 Å². The number of hydrogen-bond donors (Lipinski definition) is 0. The molecule has 6 nitrogen and oxygen atoms in total. The molecule has 0 unspecified atom stereocenters. The molecular weight excluding hydrogens is 306 g/mol. The first-order chi connectivity index (χ1) is 11.7. The van der Waals surface area contributed by atoms with E-state index < -0.39 is 0 Å². The summed E-state index contributed by atoms with van der Waals surface area (Å²) in [5, 5.41) is 4.06. The van der Waals surface area contributed by atoms with Crippen molar-refractivity contribution in [1.82, 2.24) is 15.0 Å². The smallest absolute Gasteiger partial charge is 0.233 e. The van der Waals surface area contributed by atoms with Crippen molar-refractivity contribution in [3.8, 4) is 11.4 Å². The largest absolute Gasteiger partial charge is 0.381 e. The summed E-state index contributed by atoms with van der Waals surface area (Å²) in [4.78, 5) is 19.1. The van der Waals surface area contributed by atoms with E-state index >= 15 is 0 Å². The van der Waals surface area contributed by atoms with Crippen molar-refractivity contribution in [2.45, 2.75) is 25.7 Å². The summed E-state index contributed by atoms with van der Waals surface area (Å²) in [6.45, 7) is 4.70. The van der Waals surface area contributed by atoms with Crippen LogP contribution in [-0.4, -0.2) is 47.3 Å². The molecule has 0 aliphatic carbocycles. The van der Waals surface area contributed by atoms with E-state index in [1.807, 2.05) is 42.2 Å². The Bertz CT molecular complexity index is 716. The quantitative estimate of drug-likeness (QED) is 0.866. The lowest BCUT2D eigenvalue weighted by Crippen LogP contribution is -2.54. The first kappa shape index (κ1) is 15.3. The van der Waals surface area contributed by atoms with Crippen LogP contribution in [0.15, 0.2) is 34.9 Å². The highest BCUT2D eigenvalue weighted by molar-refractivity contribution is 5.83. The van der Waals surface area contributed by atoms with E-state index in [1.54, 1.807) is 0 Å². The van der Waals surface area contributed by atoms with Gasteiger partial charge in [0.2, 0.25) is 17.6 Å². The molecule has 1 amide bonds. The van der Waals surface area contributed by atoms with Gasteiger partial charge in [-0.3, -0.25) is 4.79 Å². The number of carbonyl (C=O) groups excluding carboxylic acids is 1. The number of aromatic nitrogens is 2. The molecule has 2 aliphatic rings. The molecule has 2 aliphatic heterocycles. The Morgan fingerprint density at radius 1 is 1.21 bits per heavy atom. The molecule has 4 rings (SSSR count). The lowest BCUT2D eigenvalue weighted by Gasteiger charge is -2.43. The zero-order valence-electron chi connectivity index (χ0n) is 13.8. The standard InChI is InChI=1S/C18H21N3O3/c1-18(7-9-23-10-8-18)17(22)21-11-14(12-21)16-19-15(20-24-16)13-5-3-2-4-6-13/h2-6,14H,7-12H2,1H3. The molecule has 0 saturated carbocycles. The maximum Gasteiger partial charge on any atom is 0.233 e. The molecule has 0 N–H and O–H groups in total. The van der Waals surface area contributed by atoms with Gasteiger partial charge in [-0.15, -0.1) is 0 Å². The van der Waals surface area contributed by atoms with Crippen molar-refractivity contribution >= 4 is 5.91 Å². The van der Waals surface area contributed by atoms with Gasteiger partial charge in [-0.1, -0.05) is 42.4 Å². The van der Waals surface area contributed by atoms with Gasteiger partial charge in [0, 0.05) is 31.9 Å². The number of rotatable bonds is 3. The molecular formula is C18H21N3O3. The van der Waals surface area contributed by atoms with Gasteiger partial charge in [0.15, 0.2) is 0 Å². The highest BCUT2D eigenvalue weighted by atomic mass is 16.5. The van der Waals surface area contributed by atoms with Crippen LogP contribution in [0.1, 0.15) is 31.6 Å². The maximum absolute atomic E-state index is 12.7. The predicted molar refractivity (Wildman–Crippen MR) is 87.2 cm³/mol. The topological polar surface area (TPSA) is 68.5 Å². The van der Waals surface area contributed by atoms with Crippen LogP contribution in [0.5, 0.6) is 0 Å². The molecule has 0 bridgehead atoms. The third kappa shape index (κ3) is 2.71. The zero-order chi connectivity index (χ0) is 16.6. The molecule has 2 fully saturated rings. The van der Waals surface area contributed by atoms with E-state index in [9.17, 15) is 4.79 Å². The summed E-state index contributed by atoms with van der Waals surface area (Å²) >= 11 is 0. The molecule has 0 atom stereocenters. The van der Waals surface area contributed by atoms with E-state index in [1.165, 1.54) is 0 Å². The van der Waals surface area contributed by atoms with Gasteiger partial charge < -0.3 is 14.2 Å². The van der Waals surface area contributed by atoms with Gasteiger partial charge in [0.1, 0.15) is 0 Å².